The van der Waals surface area contributed by atoms with Gasteiger partial charge in [-0.2, -0.15) is 0 Å². The number of allylic oxidation sites excluding steroid dienone is 3. The normalized spacial score (nSPS) is 31.0. The Kier molecular flexibility index (Phi) is 4.44. The van der Waals surface area contributed by atoms with Gasteiger partial charge < -0.3 is 11.1 Å². The predicted molar refractivity (Wildman–Crippen MR) is 89.4 cm³/mol. The molecule has 1 aromatic rings. The molecular formula is C19H24N2O. The maximum absolute atomic E-state index is 13.0. The zero-order chi connectivity index (χ0) is 15.4. The molecular weight excluding hydrogens is 272 g/mol. The van der Waals surface area contributed by atoms with Gasteiger partial charge in [0, 0.05) is 12.1 Å². The molecule has 22 heavy (non-hydrogen) atoms. The lowest BCUT2D eigenvalue weighted by atomic mass is 9.74. The van der Waals surface area contributed by atoms with Crippen molar-refractivity contribution in [3.05, 3.63) is 60.2 Å². The quantitative estimate of drug-likeness (QED) is 0.901. The Bertz CT molecular complexity index is 570. The topological polar surface area (TPSA) is 55.1 Å². The first kappa shape index (κ1) is 15.0. The summed E-state index contributed by atoms with van der Waals surface area (Å²) in [6.07, 6.45) is 12.8. The molecule has 0 aromatic heterocycles. The van der Waals surface area contributed by atoms with Gasteiger partial charge in [0.25, 0.3) is 0 Å². The second kappa shape index (κ2) is 6.49. The maximum atomic E-state index is 13.0. The first-order valence-corrected chi connectivity index (χ1v) is 8.17. The Balaban J connectivity index is 1.79. The van der Waals surface area contributed by atoms with E-state index in [0.29, 0.717) is 12.5 Å². The highest BCUT2D eigenvalue weighted by Crippen LogP contribution is 2.33. The zero-order valence-electron chi connectivity index (χ0n) is 12.9. The third kappa shape index (κ3) is 3.00. The van der Waals surface area contributed by atoms with Crippen LogP contribution in [0.15, 0.2) is 54.6 Å². The van der Waals surface area contributed by atoms with Gasteiger partial charge in [0.05, 0.1) is 5.41 Å². The summed E-state index contributed by atoms with van der Waals surface area (Å²) >= 11 is 0. The first-order chi connectivity index (χ1) is 10.7. The molecule has 1 unspecified atom stereocenters. The van der Waals surface area contributed by atoms with Crippen molar-refractivity contribution < 1.29 is 4.79 Å². The van der Waals surface area contributed by atoms with Gasteiger partial charge >= 0.3 is 0 Å². The molecule has 0 spiro atoms. The average molecular weight is 296 g/mol. The number of rotatable bonds is 3. The van der Waals surface area contributed by atoms with Crippen molar-refractivity contribution in [3.8, 4) is 0 Å². The standard InChI is InChI=1S/C19H24N2O/c20-16-9-11-17(12-10-16)21-18(22)19(13-5-2-6-14-19)15-7-3-1-4-8-15/h1-8,13,16-17H,9-12,14,20H2,(H,21,22). The first-order valence-electron chi connectivity index (χ1n) is 8.17. The molecule has 0 aliphatic heterocycles. The Morgan fingerprint density at radius 1 is 1.09 bits per heavy atom. The van der Waals surface area contributed by atoms with E-state index in [1.807, 2.05) is 48.6 Å². The fourth-order valence-corrected chi connectivity index (χ4v) is 3.45. The molecule has 1 amide bonds. The van der Waals surface area contributed by atoms with Gasteiger partial charge in [-0.1, -0.05) is 54.6 Å². The molecule has 3 nitrogen and oxygen atoms in total. The number of hydrogen-bond acceptors (Lipinski definition) is 2. The Labute approximate surface area is 132 Å². The molecule has 3 N–H and O–H groups in total. The van der Waals surface area contributed by atoms with E-state index in [1.54, 1.807) is 0 Å². The Hall–Kier alpha value is -1.87. The number of amides is 1. The molecule has 0 saturated heterocycles. The van der Waals surface area contributed by atoms with Crippen LogP contribution in [0.2, 0.25) is 0 Å². The highest BCUT2D eigenvalue weighted by Gasteiger charge is 2.38. The number of nitrogens with two attached hydrogens (primary N) is 1. The van der Waals surface area contributed by atoms with Crippen molar-refractivity contribution in [1.82, 2.24) is 5.32 Å². The summed E-state index contributed by atoms with van der Waals surface area (Å²) < 4.78 is 0. The summed E-state index contributed by atoms with van der Waals surface area (Å²) in [5, 5.41) is 3.27. The third-order valence-corrected chi connectivity index (χ3v) is 4.87. The number of carbonyl (C=O) groups is 1. The number of carbonyl (C=O) groups excluding carboxylic acids is 1. The smallest absolute Gasteiger partial charge is 0.235 e. The lowest BCUT2D eigenvalue weighted by molar-refractivity contribution is -0.126. The predicted octanol–water partition coefficient (Wildman–Crippen LogP) is 2.83. The average Bonchev–Trinajstić information content (AvgIpc) is 2.58. The van der Waals surface area contributed by atoms with Gasteiger partial charge in [-0.25, -0.2) is 0 Å². The largest absolute Gasteiger partial charge is 0.352 e. The van der Waals surface area contributed by atoms with Crippen LogP contribution in [0.4, 0.5) is 0 Å². The van der Waals surface area contributed by atoms with Crippen LogP contribution in [0.1, 0.15) is 37.7 Å². The summed E-state index contributed by atoms with van der Waals surface area (Å²) in [4.78, 5) is 13.0. The van der Waals surface area contributed by atoms with Crippen molar-refractivity contribution in [2.45, 2.75) is 49.6 Å². The van der Waals surface area contributed by atoms with Crippen LogP contribution >= 0.6 is 0 Å². The molecule has 116 valence electrons. The van der Waals surface area contributed by atoms with Crippen LogP contribution in [-0.2, 0) is 10.2 Å². The van der Waals surface area contributed by atoms with Crippen LogP contribution in [0.25, 0.3) is 0 Å². The summed E-state index contributed by atoms with van der Waals surface area (Å²) in [5.74, 6) is 0.111. The minimum absolute atomic E-state index is 0.111. The SMILES string of the molecule is NC1CCC(NC(=O)C2(c3ccccc3)C=CC=CC2)CC1. The van der Waals surface area contributed by atoms with Gasteiger partial charge in [0.1, 0.15) is 0 Å². The third-order valence-electron chi connectivity index (χ3n) is 4.87. The minimum Gasteiger partial charge on any atom is -0.352 e. The molecule has 1 atom stereocenters. The number of nitrogens with one attached hydrogen (secondary N) is 1. The van der Waals surface area contributed by atoms with E-state index in [0.717, 1.165) is 31.2 Å². The van der Waals surface area contributed by atoms with Crippen LogP contribution in [-0.4, -0.2) is 18.0 Å². The monoisotopic (exact) mass is 296 g/mol. The van der Waals surface area contributed by atoms with Gasteiger partial charge in [-0.05, 0) is 37.7 Å². The van der Waals surface area contributed by atoms with E-state index in [9.17, 15) is 4.79 Å². The van der Waals surface area contributed by atoms with Crippen LogP contribution in [0, 0.1) is 0 Å². The molecule has 3 rings (SSSR count). The van der Waals surface area contributed by atoms with E-state index in [4.69, 9.17) is 5.73 Å². The van der Waals surface area contributed by atoms with Crippen molar-refractivity contribution in [3.63, 3.8) is 0 Å². The lowest BCUT2D eigenvalue weighted by Crippen LogP contribution is -2.49. The fraction of sp³-hybridized carbons (Fsp3) is 0.421. The Morgan fingerprint density at radius 3 is 2.45 bits per heavy atom. The van der Waals surface area contributed by atoms with Gasteiger partial charge in [-0.3, -0.25) is 4.79 Å². The van der Waals surface area contributed by atoms with Crippen molar-refractivity contribution in [2.75, 3.05) is 0 Å². The van der Waals surface area contributed by atoms with Crippen LogP contribution in [0.5, 0.6) is 0 Å². The number of benzene rings is 1. The van der Waals surface area contributed by atoms with Gasteiger partial charge in [0.2, 0.25) is 5.91 Å². The fourth-order valence-electron chi connectivity index (χ4n) is 3.45. The molecule has 0 radical (unpaired) electrons. The second-order valence-corrected chi connectivity index (χ2v) is 6.41. The van der Waals surface area contributed by atoms with Gasteiger partial charge in [0.15, 0.2) is 0 Å². The lowest BCUT2D eigenvalue weighted by Gasteiger charge is -2.34. The highest BCUT2D eigenvalue weighted by molar-refractivity contribution is 5.91. The minimum atomic E-state index is -0.574. The molecule has 2 aliphatic carbocycles. The molecule has 1 aromatic carbocycles. The Morgan fingerprint density at radius 2 is 1.82 bits per heavy atom. The van der Waals surface area contributed by atoms with E-state index in [-0.39, 0.29) is 11.9 Å². The van der Waals surface area contributed by atoms with Gasteiger partial charge in [-0.15, -0.1) is 0 Å². The second-order valence-electron chi connectivity index (χ2n) is 6.41. The molecule has 0 bridgehead atoms. The van der Waals surface area contributed by atoms with Crippen molar-refractivity contribution in [1.29, 1.82) is 0 Å². The molecule has 3 heteroatoms. The molecule has 0 heterocycles. The summed E-state index contributed by atoms with van der Waals surface area (Å²) in [6, 6.07) is 10.6. The zero-order valence-corrected chi connectivity index (χ0v) is 12.9. The maximum Gasteiger partial charge on any atom is 0.235 e. The highest BCUT2D eigenvalue weighted by atomic mass is 16.2. The summed E-state index contributed by atoms with van der Waals surface area (Å²) in [7, 11) is 0. The summed E-state index contributed by atoms with van der Waals surface area (Å²) in [6.45, 7) is 0. The van der Waals surface area contributed by atoms with Crippen LogP contribution < -0.4 is 11.1 Å². The van der Waals surface area contributed by atoms with Crippen molar-refractivity contribution >= 4 is 5.91 Å². The van der Waals surface area contributed by atoms with Crippen LogP contribution in [0.3, 0.4) is 0 Å². The van der Waals surface area contributed by atoms with E-state index < -0.39 is 5.41 Å². The van der Waals surface area contributed by atoms with E-state index in [2.05, 4.69) is 11.4 Å². The molecule has 1 saturated carbocycles. The molecule has 2 aliphatic rings. The van der Waals surface area contributed by atoms with E-state index >= 15 is 0 Å². The molecule has 1 fully saturated rings. The van der Waals surface area contributed by atoms with E-state index in [1.165, 1.54) is 0 Å². The summed E-state index contributed by atoms with van der Waals surface area (Å²) in [5.41, 5.74) is 6.44. The van der Waals surface area contributed by atoms with Crippen molar-refractivity contribution in [2.24, 2.45) is 5.73 Å². The number of hydrogen-bond donors (Lipinski definition) is 2.